The van der Waals surface area contributed by atoms with E-state index in [1.54, 1.807) is 12.1 Å². The molecule has 3 N–H and O–H groups in total. The molecule has 1 aliphatic heterocycles. The monoisotopic (exact) mass is 398 g/mol. The first-order chi connectivity index (χ1) is 13.7. The van der Waals surface area contributed by atoms with Crippen LogP contribution in [0.2, 0.25) is 0 Å². The van der Waals surface area contributed by atoms with E-state index in [-0.39, 0.29) is 22.9 Å². The van der Waals surface area contributed by atoms with Gasteiger partial charge in [-0.2, -0.15) is 5.26 Å². The van der Waals surface area contributed by atoms with Crippen molar-refractivity contribution in [2.45, 2.75) is 25.7 Å². The zero-order valence-electron chi connectivity index (χ0n) is 16.4. The van der Waals surface area contributed by atoms with Gasteiger partial charge in [0, 0.05) is 20.5 Å². The van der Waals surface area contributed by atoms with Gasteiger partial charge in [-0.15, -0.1) is 0 Å². The normalized spacial score (nSPS) is 14.8. The molecule has 0 spiro atoms. The van der Waals surface area contributed by atoms with Crippen molar-refractivity contribution in [1.82, 2.24) is 9.13 Å². The van der Waals surface area contributed by atoms with Gasteiger partial charge < -0.3 is 15.6 Å². The van der Waals surface area contributed by atoms with Crippen molar-refractivity contribution in [2.75, 3.05) is 0 Å². The summed E-state index contributed by atoms with van der Waals surface area (Å²) in [5.41, 5.74) is 5.94. The number of carbonyl (C=O) groups is 1. The van der Waals surface area contributed by atoms with Crippen LogP contribution in [0.4, 0.5) is 0 Å². The van der Waals surface area contributed by atoms with Crippen LogP contribution in [0.15, 0.2) is 51.4 Å². The standard InChI is InChI=1S/C16H14N4O3.C4H8O2/c1-19-14(21)12-11(9-6-4-3-5-7-9)10(8-17)13(18)23-15(12)20(2)16(19)22;1-2-3-4(5)6/h3-7,11H,18H2,1-2H3;2-3H2,1H3,(H,5,6). The summed E-state index contributed by atoms with van der Waals surface area (Å²) in [4.78, 5) is 34.3. The van der Waals surface area contributed by atoms with Crippen molar-refractivity contribution in [3.63, 3.8) is 0 Å². The van der Waals surface area contributed by atoms with Gasteiger partial charge in [-0.3, -0.25) is 18.7 Å². The zero-order valence-corrected chi connectivity index (χ0v) is 16.4. The Hall–Kier alpha value is -3.80. The molecular weight excluding hydrogens is 376 g/mol. The van der Waals surface area contributed by atoms with Crippen molar-refractivity contribution >= 4 is 5.97 Å². The van der Waals surface area contributed by atoms with Crippen LogP contribution in [0, 0.1) is 11.3 Å². The number of benzene rings is 1. The maximum atomic E-state index is 12.6. The summed E-state index contributed by atoms with van der Waals surface area (Å²) in [6, 6.07) is 11.1. The molecule has 1 aliphatic rings. The molecule has 0 saturated carbocycles. The third kappa shape index (κ3) is 4.21. The average molecular weight is 398 g/mol. The number of nitrogens with zero attached hydrogens (tertiary/aromatic N) is 3. The molecule has 1 unspecified atom stereocenters. The van der Waals surface area contributed by atoms with E-state index in [0.717, 1.165) is 16.6 Å². The molecule has 1 aromatic heterocycles. The molecule has 1 atom stereocenters. The molecule has 2 heterocycles. The van der Waals surface area contributed by atoms with Crippen LogP contribution >= 0.6 is 0 Å². The lowest BCUT2D eigenvalue weighted by atomic mass is 9.85. The highest BCUT2D eigenvalue weighted by Gasteiger charge is 2.35. The molecule has 0 fully saturated rings. The number of carboxylic acid groups (broad SMARTS) is 1. The van der Waals surface area contributed by atoms with Gasteiger partial charge in [0.05, 0.1) is 11.5 Å². The Bertz CT molecular complexity index is 1110. The van der Waals surface area contributed by atoms with Gasteiger partial charge in [0.1, 0.15) is 11.6 Å². The highest BCUT2D eigenvalue weighted by Crippen LogP contribution is 2.38. The second kappa shape index (κ2) is 8.93. The maximum Gasteiger partial charge on any atom is 0.333 e. The van der Waals surface area contributed by atoms with E-state index in [9.17, 15) is 19.6 Å². The molecule has 152 valence electrons. The number of hydrogen-bond acceptors (Lipinski definition) is 6. The van der Waals surface area contributed by atoms with Crippen molar-refractivity contribution in [3.8, 4) is 11.9 Å². The number of allylic oxidation sites excluding steroid dienone is 1. The number of ether oxygens (including phenoxy) is 1. The SMILES string of the molecule is CCCC(=O)O.Cn1c2c(c(=O)n(C)c1=O)C(c1ccccc1)C(C#N)=C(N)O2. The molecule has 9 nitrogen and oxygen atoms in total. The van der Waals surface area contributed by atoms with E-state index in [0.29, 0.717) is 6.42 Å². The predicted octanol–water partition coefficient (Wildman–Crippen LogP) is 1.17. The van der Waals surface area contributed by atoms with Crippen molar-refractivity contribution < 1.29 is 14.6 Å². The van der Waals surface area contributed by atoms with E-state index in [1.807, 2.05) is 31.2 Å². The van der Waals surface area contributed by atoms with Crippen LogP contribution in [0.25, 0.3) is 0 Å². The van der Waals surface area contributed by atoms with Gasteiger partial charge in [0.2, 0.25) is 11.8 Å². The number of rotatable bonds is 3. The zero-order chi connectivity index (χ0) is 21.7. The van der Waals surface area contributed by atoms with Gasteiger partial charge in [-0.25, -0.2) is 4.79 Å². The number of hydrogen-bond donors (Lipinski definition) is 2. The van der Waals surface area contributed by atoms with Crippen LogP contribution in [0.1, 0.15) is 36.8 Å². The van der Waals surface area contributed by atoms with Gasteiger partial charge in [0.15, 0.2) is 0 Å². The first-order valence-corrected chi connectivity index (χ1v) is 8.88. The van der Waals surface area contributed by atoms with Gasteiger partial charge in [-0.05, 0) is 12.0 Å². The average Bonchev–Trinajstić information content (AvgIpc) is 2.70. The van der Waals surface area contributed by atoms with Gasteiger partial charge >= 0.3 is 11.7 Å². The summed E-state index contributed by atoms with van der Waals surface area (Å²) < 4.78 is 7.63. The highest BCUT2D eigenvalue weighted by atomic mass is 16.5. The Morgan fingerprint density at radius 2 is 1.86 bits per heavy atom. The molecule has 3 rings (SSSR count). The summed E-state index contributed by atoms with van der Waals surface area (Å²) in [5, 5.41) is 17.4. The lowest BCUT2D eigenvalue weighted by Crippen LogP contribution is -2.42. The van der Waals surface area contributed by atoms with Gasteiger partial charge in [-0.1, -0.05) is 37.3 Å². The van der Waals surface area contributed by atoms with Crippen molar-refractivity contribution in [3.05, 3.63) is 73.8 Å². The first-order valence-electron chi connectivity index (χ1n) is 8.88. The lowest BCUT2D eigenvalue weighted by Gasteiger charge is -2.27. The summed E-state index contributed by atoms with van der Waals surface area (Å²) in [7, 11) is 2.88. The van der Waals surface area contributed by atoms with E-state index < -0.39 is 23.1 Å². The number of nitrogens with two attached hydrogens (primary N) is 1. The van der Waals surface area contributed by atoms with E-state index in [4.69, 9.17) is 15.6 Å². The fourth-order valence-electron chi connectivity index (χ4n) is 2.98. The molecule has 0 bridgehead atoms. The minimum absolute atomic E-state index is 0.0726. The summed E-state index contributed by atoms with van der Waals surface area (Å²) in [5.74, 6) is -1.41. The Morgan fingerprint density at radius 1 is 1.24 bits per heavy atom. The smallest absolute Gasteiger partial charge is 0.333 e. The van der Waals surface area contributed by atoms with E-state index in [2.05, 4.69) is 0 Å². The van der Waals surface area contributed by atoms with Crippen molar-refractivity contribution in [2.24, 2.45) is 19.8 Å². The molecule has 0 amide bonds. The Kier molecular flexibility index (Phi) is 6.62. The summed E-state index contributed by atoms with van der Waals surface area (Å²) >= 11 is 0. The summed E-state index contributed by atoms with van der Waals surface area (Å²) in [6.07, 6.45) is 1.02. The highest BCUT2D eigenvalue weighted by molar-refractivity contribution is 5.66. The Morgan fingerprint density at radius 3 is 2.34 bits per heavy atom. The van der Waals surface area contributed by atoms with Crippen LogP contribution in [-0.2, 0) is 18.9 Å². The third-order valence-corrected chi connectivity index (χ3v) is 4.41. The topological polar surface area (TPSA) is 140 Å². The fourth-order valence-corrected chi connectivity index (χ4v) is 2.98. The van der Waals surface area contributed by atoms with Crippen LogP contribution in [-0.4, -0.2) is 20.2 Å². The number of aliphatic carboxylic acids is 1. The van der Waals surface area contributed by atoms with E-state index in [1.165, 1.54) is 18.7 Å². The molecule has 1 aromatic carbocycles. The minimum Gasteiger partial charge on any atom is -0.481 e. The molecule has 0 saturated heterocycles. The van der Waals surface area contributed by atoms with Crippen LogP contribution < -0.4 is 21.7 Å². The number of carboxylic acids is 1. The fraction of sp³-hybridized carbons (Fsp3) is 0.300. The molecular formula is C20H22N4O5. The predicted molar refractivity (Wildman–Crippen MR) is 105 cm³/mol. The molecule has 2 aromatic rings. The van der Waals surface area contributed by atoms with E-state index >= 15 is 0 Å². The van der Waals surface area contributed by atoms with Crippen LogP contribution in [0.5, 0.6) is 5.88 Å². The quantitative estimate of drug-likeness (QED) is 0.791. The summed E-state index contributed by atoms with van der Waals surface area (Å²) in [6.45, 7) is 1.84. The first kappa shape index (κ1) is 21.5. The minimum atomic E-state index is -0.711. The van der Waals surface area contributed by atoms with Crippen LogP contribution in [0.3, 0.4) is 0 Å². The maximum absolute atomic E-state index is 12.6. The molecule has 29 heavy (non-hydrogen) atoms. The second-order valence-electron chi connectivity index (χ2n) is 6.40. The lowest BCUT2D eigenvalue weighted by molar-refractivity contribution is -0.137. The Labute approximate surface area is 166 Å². The second-order valence-corrected chi connectivity index (χ2v) is 6.40. The third-order valence-electron chi connectivity index (χ3n) is 4.41. The number of fused-ring (bicyclic) bond motifs is 1. The molecule has 0 aliphatic carbocycles. The molecule has 0 radical (unpaired) electrons. The number of aromatic nitrogens is 2. The number of nitriles is 1. The molecule has 9 heteroatoms. The van der Waals surface area contributed by atoms with Gasteiger partial charge in [0.25, 0.3) is 5.56 Å². The largest absolute Gasteiger partial charge is 0.481 e. The Balaban J connectivity index is 0.000000438. The van der Waals surface area contributed by atoms with Crippen molar-refractivity contribution in [1.29, 1.82) is 5.26 Å².